The number of aromatic hydroxyl groups is 1. The number of nitrogens with two attached hydrogens (primary N) is 1. The number of nitro benzene ring substituents is 1. The van der Waals surface area contributed by atoms with Gasteiger partial charge in [-0.1, -0.05) is 12.1 Å². The molecule has 2 aromatic rings. The molecular weight excluding hydrogens is 272 g/mol. The van der Waals surface area contributed by atoms with Gasteiger partial charge in [0.1, 0.15) is 11.6 Å². The van der Waals surface area contributed by atoms with E-state index in [-0.39, 0.29) is 23.8 Å². The molecule has 0 heterocycles. The number of nitro groups is 1. The molecule has 21 heavy (non-hydrogen) atoms. The van der Waals surface area contributed by atoms with Crippen LogP contribution in [-0.4, -0.2) is 15.9 Å². The zero-order valence-electron chi connectivity index (χ0n) is 11.0. The maximum absolute atomic E-state index is 10.7. The number of hydrogen-bond acceptors (Lipinski definition) is 5. The average molecular weight is 286 g/mol. The largest absolute Gasteiger partial charge is 0.508 e. The van der Waals surface area contributed by atoms with Gasteiger partial charge in [0.05, 0.1) is 4.92 Å². The van der Waals surface area contributed by atoms with E-state index in [1.165, 1.54) is 18.2 Å². The molecule has 0 amide bonds. The predicted octanol–water partition coefficient (Wildman–Crippen LogP) is 2.20. The summed E-state index contributed by atoms with van der Waals surface area (Å²) in [5.74, 6) is -0.0623. The van der Waals surface area contributed by atoms with Gasteiger partial charge in [-0.25, -0.2) is 0 Å². The van der Waals surface area contributed by atoms with E-state index in [0.717, 1.165) is 0 Å². The lowest BCUT2D eigenvalue weighted by Gasteiger charge is -2.09. The number of rotatable bonds is 5. The summed E-state index contributed by atoms with van der Waals surface area (Å²) in [5.41, 5.74) is 7.02. The number of nitrogen functional groups attached to an aromatic ring is 1. The number of anilines is 1. The number of phenols is 1. The first-order valence-corrected chi connectivity index (χ1v) is 6.12. The third-order valence-electron chi connectivity index (χ3n) is 2.93. The predicted molar refractivity (Wildman–Crippen MR) is 79.5 cm³/mol. The fourth-order valence-electron chi connectivity index (χ4n) is 1.82. The van der Waals surface area contributed by atoms with Crippen LogP contribution in [0.1, 0.15) is 11.1 Å². The van der Waals surface area contributed by atoms with Gasteiger partial charge >= 0.3 is 0 Å². The van der Waals surface area contributed by atoms with Gasteiger partial charge in [0.2, 0.25) is 0 Å². The van der Waals surface area contributed by atoms with Gasteiger partial charge in [-0.15, -0.1) is 0 Å². The number of benzene rings is 2. The van der Waals surface area contributed by atoms with Gasteiger partial charge in [-0.2, -0.15) is 0 Å². The first-order valence-electron chi connectivity index (χ1n) is 6.12. The molecule has 108 valence electrons. The minimum atomic E-state index is -0.515. The standard InChI is InChI=1S/C14H14N4O3/c15-14(16)9-2-1-3-11(6-9)17-8-10-7-12(18(20)21)4-5-13(10)19/h1-7,17,19H,8H2,(H3,15,16). The molecule has 7 heteroatoms. The topological polar surface area (TPSA) is 125 Å². The average Bonchev–Trinajstić information content (AvgIpc) is 2.46. The molecule has 0 atom stereocenters. The first-order chi connectivity index (χ1) is 9.97. The monoisotopic (exact) mass is 286 g/mol. The zero-order valence-corrected chi connectivity index (χ0v) is 11.0. The van der Waals surface area contributed by atoms with Crippen molar-refractivity contribution in [2.24, 2.45) is 5.73 Å². The van der Waals surface area contributed by atoms with Gasteiger partial charge in [0.15, 0.2) is 0 Å². The van der Waals surface area contributed by atoms with E-state index in [4.69, 9.17) is 11.1 Å². The number of nitrogens with zero attached hydrogens (tertiary/aromatic N) is 1. The van der Waals surface area contributed by atoms with Crippen LogP contribution < -0.4 is 11.1 Å². The van der Waals surface area contributed by atoms with Gasteiger partial charge in [-0.05, 0) is 18.2 Å². The van der Waals surface area contributed by atoms with E-state index in [2.05, 4.69) is 5.32 Å². The summed E-state index contributed by atoms with van der Waals surface area (Å²) in [4.78, 5) is 10.2. The van der Waals surface area contributed by atoms with Crippen molar-refractivity contribution in [1.82, 2.24) is 0 Å². The summed E-state index contributed by atoms with van der Waals surface area (Å²) < 4.78 is 0. The second kappa shape index (κ2) is 5.91. The third-order valence-corrected chi connectivity index (χ3v) is 2.93. The van der Waals surface area contributed by atoms with Gasteiger partial charge in [0.25, 0.3) is 5.69 Å². The molecule has 0 fully saturated rings. The molecular formula is C14H14N4O3. The van der Waals surface area contributed by atoms with E-state index in [0.29, 0.717) is 16.8 Å². The van der Waals surface area contributed by atoms with Crippen LogP contribution in [-0.2, 0) is 6.54 Å². The van der Waals surface area contributed by atoms with Crippen LogP contribution in [0.4, 0.5) is 11.4 Å². The van der Waals surface area contributed by atoms with Gasteiger partial charge in [-0.3, -0.25) is 15.5 Å². The lowest BCUT2D eigenvalue weighted by atomic mass is 10.1. The maximum atomic E-state index is 10.7. The molecule has 0 saturated heterocycles. The minimum Gasteiger partial charge on any atom is -0.508 e. The van der Waals surface area contributed by atoms with Crippen LogP contribution in [0.15, 0.2) is 42.5 Å². The fraction of sp³-hybridized carbons (Fsp3) is 0.0714. The van der Waals surface area contributed by atoms with Crippen molar-refractivity contribution in [1.29, 1.82) is 5.41 Å². The molecule has 0 unspecified atom stereocenters. The highest BCUT2D eigenvalue weighted by molar-refractivity contribution is 5.95. The highest BCUT2D eigenvalue weighted by Crippen LogP contribution is 2.24. The Morgan fingerprint density at radius 3 is 2.76 bits per heavy atom. The summed E-state index contributed by atoms with van der Waals surface area (Å²) in [6.07, 6.45) is 0. The lowest BCUT2D eigenvalue weighted by molar-refractivity contribution is -0.384. The number of hydrogen-bond donors (Lipinski definition) is 4. The first kappa shape index (κ1) is 14.3. The Kier molecular flexibility index (Phi) is 4.03. The Balaban J connectivity index is 2.16. The Labute approximate surface area is 120 Å². The zero-order chi connectivity index (χ0) is 15.4. The molecule has 0 spiro atoms. The highest BCUT2D eigenvalue weighted by atomic mass is 16.6. The Hall–Kier alpha value is -3.09. The van der Waals surface area contributed by atoms with Crippen molar-refractivity contribution in [3.05, 3.63) is 63.7 Å². The highest BCUT2D eigenvalue weighted by Gasteiger charge is 2.10. The van der Waals surface area contributed by atoms with Crippen LogP contribution in [0.3, 0.4) is 0 Å². The van der Waals surface area contributed by atoms with Crippen LogP contribution >= 0.6 is 0 Å². The molecule has 0 bridgehead atoms. The Morgan fingerprint density at radius 1 is 1.33 bits per heavy atom. The van der Waals surface area contributed by atoms with Crippen molar-refractivity contribution < 1.29 is 10.0 Å². The summed E-state index contributed by atoms with van der Waals surface area (Å²) in [5, 5.41) is 30.8. The number of phenolic OH excluding ortho intramolecular Hbond substituents is 1. The fourth-order valence-corrected chi connectivity index (χ4v) is 1.82. The van der Waals surface area contributed by atoms with E-state index in [1.807, 2.05) is 0 Å². The molecule has 0 saturated carbocycles. The van der Waals surface area contributed by atoms with E-state index >= 15 is 0 Å². The van der Waals surface area contributed by atoms with Gasteiger partial charge < -0.3 is 16.2 Å². The summed E-state index contributed by atoms with van der Waals surface area (Å²) in [6, 6.07) is 10.8. The van der Waals surface area contributed by atoms with Gasteiger partial charge in [0, 0.05) is 35.5 Å². The third kappa shape index (κ3) is 3.47. The van der Waals surface area contributed by atoms with Crippen molar-refractivity contribution in [2.75, 3.05) is 5.32 Å². The SMILES string of the molecule is N=C(N)c1cccc(NCc2cc([N+](=O)[O-])ccc2O)c1. The van der Waals surface area contributed by atoms with Crippen LogP contribution in [0.25, 0.3) is 0 Å². The quantitative estimate of drug-likeness (QED) is 0.290. The number of nitrogens with one attached hydrogen (secondary N) is 2. The second-order valence-electron chi connectivity index (χ2n) is 4.42. The van der Waals surface area contributed by atoms with E-state index < -0.39 is 4.92 Å². The molecule has 0 aliphatic rings. The maximum Gasteiger partial charge on any atom is 0.270 e. The number of non-ortho nitro benzene ring substituents is 1. The molecule has 7 nitrogen and oxygen atoms in total. The van der Waals surface area contributed by atoms with Crippen LogP contribution in [0.2, 0.25) is 0 Å². The number of amidine groups is 1. The Bertz CT molecular complexity index is 700. The van der Waals surface area contributed by atoms with E-state index in [1.54, 1.807) is 24.3 Å². The Morgan fingerprint density at radius 2 is 2.10 bits per heavy atom. The molecule has 5 N–H and O–H groups in total. The second-order valence-corrected chi connectivity index (χ2v) is 4.42. The normalized spacial score (nSPS) is 10.1. The van der Waals surface area contributed by atoms with Crippen LogP contribution in [0.5, 0.6) is 5.75 Å². The molecule has 2 rings (SSSR count). The van der Waals surface area contributed by atoms with Crippen molar-refractivity contribution in [2.45, 2.75) is 6.54 Å². The summed E-state index contributed by atoms with van der Waals surface area (Å²) in [6.45, 7) is 0.217. The summed E-state index contributed by atoms with van der Waals surface area (Å²) >= 11 is 0. The molecule has 2 aromatic carbocycles. The summed E-state index contributed by atoms with van der Waals surface area (Å²) in [7, 11) is 0. The minimum absolute atomic E-state index is 0.0178. The molecule has 0 aliphatic heterocycles. The van der Waals surface area contributed by atoms with Crippen molar-refractivity contribution in [3.63, 3.8) is 0 Å². The molecule has 0 aromatic heterocycles. The lowest BCUT2D eigenvalue weighted by Crippen LogP contribution is -2.11. The molecule has 0 radical (unpaired) electrons. The van der Waals surface area contributed by atoms with Crippen LogP contribution in [0, 0.1) is 15.5 Å². The van der Waals surface area contributed by atoms with Crippen molar-refractivity contribution in [3.8, 4) is 5.75 Å². The smallest absolute Gasteiger partial charge is 0.270 e. The van der Waals surface area contributed by atoms with E-state index in [9.17, 15) is 15.2 Å². The van der Waals surface area contributed by atoms with Crippen molar-refractivity contribution >= 4 is 17.2 Å². The molecule has 0 aliphatic carbocycles.